The number of urea groups is 1. The van der Waals surface area contributed by atoms with Crippen molar-refractivity contribution in [3.63, 3.8) is 0 Å². The van der Waals surface area contributed by atoms with E-state index in [2.05, 4.69) is 19.2 Å². The summed E-state index contributed by atoms with van der Waals surface area (Å²) in [6.07, 6.45) is 2.17. The molecule has 3 nitrogen and oxygen atoms in total. The van der Waals surface area contributed by atoms with Crippen molar-refractivity contribution in [3.8, 4) is 0 Å². The molecule has 78 valence electrons. The lowest BCUT2D eigenvalue weighted by Crippen LogP contribution is -2.44. The predicted molar refractivity (Wildman–Crippen MR) is 55.8 cm³/mol. The third kappa shape index (κ3) is 4.76. The van der Waals surface area contributed by atoms with Crippen LogP contribution in [0.2, 0.25) is 0 Å². The van der Waals surface area contributed by atoms with Crippen LogP contribution in [0.25, 0.3) is 0 Å². The molecule has 0 aliphatic carbocycles. The van der Waals surface area contributed by atoms with Crippen molar-refractivity contribution in [2.45, 2.75) is 52.6 Å². The molecule has 13 heavy (non-hydrogen) atoms. The first-order valence-corrected chi connectivity index (χ1v) is 5.02. The standard InChI is InChI=1S/C10H22N2O/c1-6-7-9(4)12(5)10(13)11-8(2)3/h8-9H,6-7H2,1-5H3,(H,11,13). The first kappa shape index (κ1) is 12.3. The van der Waals surface area contributed by atoms with E-state index < -0.39 is 0 Å². The van der Waals surface area contributed by atoms with Gasteiger partial charge < -0.3 is 10.2 Å². The van der Waals surface area contributed by atoms with Crippen molar-refractivity contribution < 1.29 is 4.79 Å². The maximum Gasteiger partial charge on any atom is 0.317 e. The molecule has 0 bridgehead atoms. The number of nitrogens with one attached hydrogen (secondary N) is 1. The molecule has 3 heteroatoms. The van der Waals surface area contributed by atoms with Crippen LogP contribution in [0.4, 0.5) is 4.79 Å². The lowest BCUT2D eigenvalue weighted by Gasteiger charge is -2.25. The maximum atomic E-state index is 11.5. The SMILES string of the molecule is CCCC(C)N(C)C(=O)NC(C)C. The smallest absolute Gasteiger partial charge is 0.317 e. The van der Waals surface area contributed by atoms with Crippen LogP contribution in [0.5, 0.6) is 0 Å². The summed E-state index contributed by atoms with van der Waals surface area (Å²) in [5.41, 5.74) is 0. The molecule has 0 aromatic carbocycles. The van der Waals surface area contributed by atoms with Gasteiger partial charge in [0.2, 0.25) is 0 Å². The highest BCUT2D eigenvalue weighted by molar-refractivity contribution is 5.74. The number of nitrogens with zero attached hydrogens (tertiary/aromatic N) is 1. The quantitative estimate of drug-likeness (QED) is 0.717. The van der Waals surface area contributed by atoms with Crippen molar-refractivity contribution in [2.24, 2.45) is 0 Å². The van der Waals surface area contributed by atoms with Crippen LogP contribution in [0.3, 0.4) is 0 Å². The summed E-state index contributed by atoms with van der Waals surface area (Å²) >= 11 is 0. The van der Waals surface area contributed by atoms with Gasteiger partial charge in [0.1, 0.15) is 0 Å². The van der Waals surface area contributed by atoms with E-state index in [4.69, 9.17) is 0 Å². The zero-order chi connectivity index (χ0) is 10.4. The monoisotopic (exact) mass is 186 g/mol. The van der Waals surface area contributed by atoms with Gasteiger partial charge in [-0.2, -0.15) is 0 Å². The van der Waals surface area contributed by atoms with Crippen LogP contribution in [0.1, 0.15) is 40.5 Å². The lowest BCUT2D eigenvalue weighted by molar-refractivity contribution is 0.188. The normalized spacial score (nSPS) is 12.8. The molecule has 0 saturated heterocycles. The molecule has 1 atom stereocenters. The zero-order valence-electron chi connectivity index (χ0n) is 9.42. The van der Waals surface area contributed by atoms with Gasteiger partial charge in [0.05, 0.1) is 0 Å². The summed E-state index contributed by atoms with van der Waals surface area (Å²) < 4.78 is 0. The highest BCUT2D eigenvalue weighted by Gasteiger charge is 2.14. The Kier molecular flexibility index (Phi) is 5.51. The second-order valence-corrected chi connectivity index (χ2v) is 3.85. The van der Waals surface area contributed by atoms with E-state index in [9.17, 15) is 4.79 Å². The number of hydrogen-bond acceptors (Lipinski definition) is 1. The maximum absolute atomic E-state index is 11.5. The fourth-order valence-electron chi connectivity index (χ4n) is 1.16. The van der Waals surface area contributed by atoms with Gasteiger partial charge >= 0.3 is 6.03 Å². The van der Waals surface area contributed by atoms with Gasteiger partial charge in [-0.15, -0.1) is 0 Å². The molecule has 1 unspecified atom stereocenters. The first-order valence-electron chi connectivity index (χ1n) is 5.02. The molecule has 0 fully saturated rings. The van der Waals surface area contributed by atoms with Crippen LogP contribution in [-0.4, -0.2) is 30.1 Å². The van der Waals surface area contributed by atoms with Gasteiger partial charge in [0, 0.05) is 19.1 Å². The van der Waals surface area contributed by atoms with E-state index in [0.717, 1.165) is 12.8 Å². The molecule has 0 heterocycles. The predicted octanol–water partition coefficient (Wildman–Crippen LogP) is 2.22. The van der Waals surface area contributed by atoms with Gasteiger partial charge in [-0.25, -0.2) is 4.79 Å². The fraction of sp³-hybridized carbons (Fsp3) is 0.900. The van der Waals surface area contributed by atoms with Crippen LogP contribution in [-0.2, 0) is 0 Å². The Balaban J connectivity index is 3.93. The summed E-state index contributed by atoms with van der Waals surface area (Å²) in [4.78, 5) is 13.3. The molecule has 1 N–H and O–H groups in total. The number of carbonyl (C=O) groups is 1. The molecular formula is C10H22N2O. The largest absolute Gasteiger partial charge is 0.336 e. The molecule has 0 radical (unpaired) electrons. The molecule has 0 aliphatic rings. The number of hydrogen-bond donors (Lipinski definition) is 1. The average Bonchev–Trinajstić information content (AvgIpc) is 2.02. The second-order valence-electron chi connectivity index (χ2n) is 3.85. The number of carbonyl (C=O) groups excluding carboxylic acids is 1. The molecule has 0 aromatic rings. The van der Waals surface area contributed by atoms with Gasteiger partial charge in [-0.05, 0) is 27.2 Å². The summed E-state index contributed by atoms with van der Waals surface area (Å²) in [6, 6.07) is 0.559. The molecular weight excluding hydrogens is 164 g/mol. The fourth-order valence-corrected chi connectivity index (χ4v) is 1.16. The molecule has 0 saturated carbocycles. The van der Waals surface area contributed by atoms with Crippen LogP contribution >= 0.6 is 0 Å². The summed E-state index contributed by atoms with van der Waals surface area (Å²) in [7, 11) is 1.85. The van der Waals surface area contributed by atoms with E-state index >= 15 is 0 Å². The Morgan fingerprint density at radius 2 is 1.92 bits per heavy atom. The van der Waals surface area contributed by atoms with Gasteiger partial charge in [-0.3, -0.25) is 0 Å². The molecule has 0 aromatic heterocycles. The highest BCUT2D eigenvalue weighted by Crippen LogP contribution is 2.03. The topological polar surface area (TPSA) is 32.3 Å². The van der Waals surface area contributed by atoms with E-state index in [0.29, 0.717) is 6.04 Å². The minimum absolute atomic E-state index is 0.0240. The van der Waals surface area contributed by atoms with E-state index in [-0.39, 0.29) is 12.1 Å². The first-order chi connectivity index (χ1) is 5.99. The van der Waals surface area contributed by atoms with Crippen LogP contribution < -0.4 is 5.32 Å². The number of rotatable bonds is 4. The Morgan fingerprint density at radius 1 is 1.38 bits per heavy atom. The van der Waals surface area contributed by atoms with Crippen molar-refractivity contribution in [3.05, 3.63) is 0 Å². The second kappa shape index (κ2) is 5.84. The zero-order valence-corrected chi connectivity index (χ0v) is 9.42. The van der Waals surface area contributed by atoms with Crippen LogP contribution in [0.15, 0.2) is 0 Å². The third-order valence-corrected chi connectivity index (χ3v) is 2.10. The van der Waals surface area contributed by atoms with Crippen molar-refractivity contribution >= 4 is 6.03 Å². The minimum Gasteiger partial charge on any atom is -0.336 e. The third-order valence-electron chi connectivity index (χ3n) is 2.10. The van der Waals surface area contributed by atoms with E-state index in [1.807, 2.05) is 20.9 Å². The number of amides is 2. The van der Waals surface area contributed by atoms with E-state index in [1.54, 1.807) is 4.90 Å². The Hall–Kier alpha value is -0.730. The molecule has 0 rings (SSSR count). The molecule has 0 aliphatic heterocycles. The molecule has 0 spiro atoms. The Labute approximate surface area is 81.5 Å². The minimum atomic E-state index is 0.0240. The summed E-state index contributed by atoms with van der Waals surface area (Å²) in [5.74, 6) is 0. The van der Waals surface area contributed by atoms with Crippen molar-refractivity contribution in [1.82, 2.24) is 10.2 Å². The Morgan fingerprint density at radius 3 is 2.31 bits per heavy atom. The summed E-state index contributed by atoms with van der Waals surface area (Å²) in [5, 5.41) is 2.87. The van der Waals surface area contributed by atoms with Gasteiger partial charge in [0.25, 0.3) is 0 Å². The van der Waals surface area contributed by atoms with Crippen LogP contribution in [0, 0.1) is 0 Å². The van der Waals surface area contributed by atoms with Crippen molar-refractivity contribution in [2.75, 3.05) is 7.05 Å². The van der Waals surface area contributed by atoms with E-state index in [1.165, 1.54) is 0 Å². The highest BCUT2D eigenvalue weighted by atomic mass is 16.2. The van der Waals surface area contributed by atoms with Gasteiger partial charge in [0.15, 0.2) is 0 Å². The summed E-state index contributed by atoms with van der Waals surface area (Å²) in [6.45, 7) is 8.14. The van der Waals surface area contributed by atoms with Gasteiger partial charge in [-0.1, -0.05) is 13.3 Å². The lowest BCUT2D eigenvalue weighted by atomic mass is 10.2. The average molecular weight is 186 g/mol. The molecule has 2 amide bonds. The van der Waals surface area contributed by atoms with Crippen molar-refractivity contribution in [1.29, 1.82) is 0 Å². The Bertz CT molecular complexity index is 157.